The Morgan fingerprint density at radius 3 is 2.19 bits per heavy atom. The molecule has 2 aliphatic heterocycles. The van der Waals surface area contributed by atoms with Crippen molar-refractivity contribution in [3.8, 4) is 0 Å². The molecule has 0 spiro atoms. The number of halogens is 2. The van der Waals surface area contributed by atoms with E-state index in [9.17, 15) is 13.2 Å². The molecule has 2 atom stereocenters. The van der Waals surface area contributed by atoms with Crippen LogP contribution in [0.4, 0.5) is 0 Å². The van der Waals surface area contributed by atoms with Gasteiger partial charge in [-0.15, -0.1) is 0 Å². The van der Waals surface area contributed by atoms with Crippen LogP contribution in [-0.4, -0.2) is 79.3 Å². The van der Waals surface area contributed by atoms with Gasteiger partial charge < -0.3 is 9.64 Å². The monoisotopic (exact) mass is 435 g/mol. The first-order valence-corrected chi connectivity index (χ1v) is 11.0. The van der Waals surface area contributed by atoms with Gasteiger partial charge in [0.1, 0.15) is 0 Å². The fourth-order valence-corrected chi connectivity index (χ4v) is 5.67. The largest absolute Gasteiger partial charge is 0.373 e. The Morgan fingerprint density at radius 1 is 1.04 bits per heavy atom. The van der Waals surface area contributed by atoms with Crippen molar-refractivity contribution in [2.45, 2.75) is 26.1 Å². The summed E-state index contributed by atoms with van der Waals surface area (Å²) in [5.74, 6) is -0.220. The van der Waals surface area contributed by atoms with Gasteiger partial charge in [0.05, 0.1) is 22.8 Å². The molecule has 3 rings (SSSR count). The number of carbonyl (C=O) groups is 1. The molecule has 0 saturated carbocycles. The number of ether oxygens (including phenoxy) is 1. The molecular formula is C17H23Cl2N3O4S. The highest BCUT2D eigenvalue weighted by Crippen LogP contribution is 2.24. The molecule has 2 fully saturated rings. The lowest BCUT2D eigenvalue weighted by Gasteiger charge is -2.40. The van der Waals surface area contributed by atoms with E-state index in [1.807, 2.05) is 13.8 Å². The number of morpholine rings is 1. The van der Waals surface area contributed by atoms with Crippen LogP contribution in [0.25, 0.3) is 0 Å². The summed E-state index contributed by atoms with van der Waals surface area (Å²) in [7, 11) is -3.57. The van der Waals surface area contributed by atoms with Crippen molar-refractivity contribution in [1.82, 2.24) is 13.5 Å². The zero-order chi connectivity index (χ0) is 19.8. The van der Waals surface area contributed by atoms with Crippen LogP contribution in [0.3, 0.4) is 0 Å². The van der Waals surface area contributed by atoms with E-state index < -0.39 is 10.2 Å². The molecule has 0 bridgehead atoms. The topological polar surface area (TPSA) is 70.2 Å². The summed E-state index contributed by atoms with van der Waals surface area (Å²) in [4.78, 5) is 14.3. The van der Waals surface area contributed by atoms with Crippen molar-refractivity contribution in [1.29, 1.82) is 0 Å². The Hall–Kier alpha value is -0.900. The van der Waals surface area contributed by atoms with Crippen molar-refractivity contribution in [3.05, 3.63) is 33.8 Å². The van der Waals surface area contributed by atoms with E-state index in [0.717, 1.165) is 0 Å². The summed E-state index contributed by atoms with van der Waals surface area (Å²) >= 11 is 12.0. The minimum atomic E-state index is -3.57. The van der Waals surface area contributed by atoms with Crippen LogP contribution in [0.1, 0.15) is 24.2 Å². The standard InChI is InChI=1S/C17H23Cl2N3O4S/c1-12-10-22(11-13(2)26-12)27(24,25)21-7-5-20(6-8-21)17(23)15-4-3-14(18)9-16(15)19/h3-4,9,12-13H,5-8,10-11H2,1-2H3/t12-,13-/m1/s1. The van der Waals surface area contributed by atoms with Crippen molar-refractivity contribution < 1.29 is 17.9 Å². The van der Waals surface area contributed by atoms with Crippen LogP contribution in [0.2, 0.25) is 10.0 Å². The SMILES string of the molecule is C[C@@H]1CN(S(=O)(=O)N2CCN(C(=O)c3ccc(Cl)cc3Cl)CC2)C[C@@H](C)O1. The van der Waals surface area contributed by atoms with Gasteiger partial charge in [-0.2, -0.15) is 17.0 Å². The van der Waals surface area contributed by atoms with Gasteiger partial charge >= 0.3 is 0 Å². The first kappa shape index (κ1) is 20.8. The molecule has 10 heteroatoms. The second-order valence-electron chi connectivity index (χ2n) is 6.90. The second-order valence-corrected chi connectivity index (χ2v) is 9.67. The third-order valence-electron chi connectivity index (χ3n) is 4.73. The van der Waals surface area contributed by atoms with E-state index >= 15 is 0 Å². The third-order valence-corrected chi connectivity index (χ3v) is 7.24. The number of hydrogen-bond acceptors (Lipinski definition) is 4. The molecule has 27 heavy (non-hydrogen) atoms. The van der Waals surface area contributed by atoms with Gasteiger partial charge in [-0.1, -0.05) is 23.2 Å². The summed E-state index contributed by atoms with van der Waals surface area (Å²) in [6, 6.07) is 4.73. The van der Waals surface area contributed by atoms with Gasteiger partial charge in [-0.25, -0.2) is 0 Å². The van der Waals surface area contributed by atoms with Crippen LogP contribution >= 0.6 is 23.2 Å². The first-order chi connectivity index (χ1) is 12.7. The highest BCUT2D eigenvalue weighted by atomic mass is 35.5. The van der Waals surface area contributed by atoms with E-state index in [1.165, 1.54) is 14.7 Å². The van der Waals surface area contributed by atoms with Gasteiger partial charge in [0.25, 0.3) is 16.1 Å². The van der Waals surface area contributed by atoms with E-state index in [2.05, 4.69) is 0 Å². The highest BCUT2D eigenvalue weighted by molar-refractivity contribution is 7.86. The predicted molar refractivity (Wildman–Crippen MR) is 104 cm³/mol. The maximum absolute atomic E-state index is 12.9. The fraction of sp³-hybridized carbons (Fsp3) is 0.588. The Labute approximate surface area is 169 Å². The number of hydrogen-bond donors (Lipinski definition) is 0. The number of benzene rings is 1. The molecule has 0 aliphatic carbocycles. The minimum Gasteiger partial charge on any atom is -0.373 e. The lowest BCUT2D eigenvalue weighted by Crippen LogP contribution is -2.57. The maximum atomic E-state index is 12.9. The Balaban J connectivity index is 1.65. The van der Waals surface area contributed by atoms with Crippen molar-refractivity contribution >= 4 is 39.3 Å². The smallest absolute Gasteiger partial charge is 0.282 e. The van der Waals surface area contributed by atoms with Gasteiger partial charge in [-0.05, 0) is 32.0 Å². The molecule has 2 heterocycles. The van der Waals surface area contributed by atoms with E-state index in [4.69, 9.17) is 27.9 Å². The molecule has 1 aromatic carbocycles. The molecule has 1 aromatic rings. The fourth-order valence-electron chi connectivity index (χ4n) is 3.44. The van der Waals surface area contributed by atoms with E-state index in [0.29, 0.717) is 41.8 Å². The Bertz CT molecular complexity index is 802. The van der Waals surface area contributed by atoms with Crippen molar-refractivity contribution in [2.75, 3.05) is 39.3 Å². The molecule has 0 radical (unpaired) electrons. The number of piperazine rings is 1. The van der Waals surface area contributed by atoms with Crippen LogP contribution < -0.4 is 0 Å². The lowest BCUT2D eigenvalue weighted by molar-refractivity contribution is -0.0457. The number of nitrogens with zero attached hydrogens (tertiary/aromatic N) is 3. The molecule has 150 valence electrons. The molecule has 2 aliphatic rings. The number of carbonyl (C=O) groups excluding carboxylic acids is 1. The summed E-state index contributed by atoms with van der Waals surface area (Å²) in [6.07, 6.45) is -0.281. The Kier molecular flexibility index (Phi) is 6.34. The molecule has 1 amide bonds. The average Bonchev–Trinajstić information content (AvgIpc) is 2.60. The predicted octanol–water partition coefficient (Wildman–Crippen LogP) is 2.11. The van der Waals surface area contributed by atoms with Crippen LogP contribution in [0.15, 0.2) is 18.2 Å². The molecule has 7 nitrogen and oxygen atoms in total. The summed E-state index contributed by atoms with van der Waals surface area (Å²) < 4.78 is 34.4. The molecule has 0 unspecified atom stereocenters. The average molecular weight is 436 g/mol. The van der Waals surface area contributed by atoms with Crippen molar-refractivity contribution in [3.63, 3.8) is 0 Å². The summed E-state index contributed by atoms with van der Waals surface area (Å²) in [5.41, 5.74) is 0.369. The van der Waals surface area contributed by atoms with Crippen LogP contribution in [0, 0.1) is 0 Å². The first-order valence-electron chi connectivity index (χ1n) is 8.83. The van der Waals surface area contributed by atoms with E-state index in [-0.39, 0.29) is 31.2 Å². The molecule has 0 N–H and O–H groups in total. The zero-order valence-corrected chi connectivity index (χ0v) is 17.6. The molecule has 0 aromatic heterocycles. The number of amides is 1. The third kappa shape index (κ3) is 4.58. The van der Waals surface area contributed by atoms with E-state index in [1.54, 1.807) is 17.0 Å². The quantitative estimate of drug-likeness (QED) is 0.728. The highest BCUT2D eigenvalue weighted by Gasteiger charge is 2.37. The van der Waals surface area contributed by atoms with Gasteiger partial charge in [0, 0.05) is 44.3 Å². The summed E-state index contributed by atoms with van der Waals surface area (Å²) in [6.45, 7) is 5.53. The number of rotatable bonds is 3. The lowest BCUT2D eigenvalue weighted by atomic mass is 10.2. The van der Waals surface area contributed by atoms with Gasteiger partial charge in [0.15, 0.2) is 0 Å². The van der Waals surface area contributed by atoms with Gasteiger partial charge in [0.2, 0.25) is 0 Å². The molecule has 2 saturated heterocycles. The zero-order valence-electron chi connectivity index (χ0n) is 15.3. The van der Waals surface area contributed by atoms with Crippen molar-refractivity contribution in [2.24, 2.45) is 0 Å². The molecular weight excluding hydrogens is 413 g/mol. The van der Waals surface area contributed by atoms with Crippen LogP contribution in [-0.2, 0) is 14.9 Å². The van der Waals surface area contributed by atoms with Gasteiger partial charge in [-0.3, -0.25) is 4.79 Å². The second kappa shape index (κ2) is 8.23. The minimum absolute atomic E-state index is 0.140. The maximum Gasteiger partial charge on any atom is 0.282 e. The van der Waals surface area contributed by atoms with Crippen LogP contribution in [0.5, 0.6) is 0 Å². The normalized spacial score (nSPS) is 25.6. The summed E-state index contributed by atoms with van der Waals surface area (Å²) in [5, 5.41) is 0.750. The Morgan fingerprint density at radius 2 is 1.63 bits per heavy atom.